The molecule has 5 heterocycles. The summed E-state index contributed by atoms with van der Waals surface area (Å²) in [6.45, 7) is 4.35. The van der Waals surface area contributed by atoms with Crippen molar-refractivity contribution in [3.05, 3.63) is 149 Å². The molecule has 2 fully saturated rings. The Morgan fingerprint density at radius 3 is 1.68 bits per heavy atom. The van der Waals surface area contributed by atoms with Crippen LogP contribution in [-0.2, 0) is 28.3 Å². The maximum absolute atomic E-state index is 12.8. The van der Waals surface area contributed by atoms with Crippen LogP contribution in [0.4, 0.5) is 9.59 Å². The van der Waals surface area contributed by atoms with Gasteiger partial charge in [0, 0.05) is 69.6 Å². The molecule has 9 rings (SSSR count). The third-order valence-electron chi connectivity index (χ3n) is 11.0. The molecule has 0 atom stereocenters. The minimum Gasteiger partial charge on any atom is -0.515 e. The smallest absolute Gasteiger partial charge is 0.410 e. The van der Waals surface area contributed by atoms with E-state index < -0.39 is 17.3 Å². The summed E-state index contributed by atoms with van der Waals surface area (Å²) < 4.78 is 23.5. The molecule has 1 aromatic heterocycles. The van der Waals surface area contributed by atoms with Crippen LogP contribution in [0.2, 0.25) is 0 Å². The van der Waals surface area contributed by atoms with E-state index in [2.05, 4.69) is 10.2 Å². The van der Waals surface area contributed by atoms with Gasteiger partial charge in [-0.15, -0.1) is 0 Å². The standard InChI is InChI=1S/C22H21N3O3.C22H21NO5.C2H6O/c26-21(27-15-16-6-2-1-3-7-16)25-12-10-22(11-13-25)18-14-23-24-20(18)17-8-4-5-9-19(17)28-22;24-14-18-20(25)17-8-4-5-9-19(17)28-22(18)10-12-23(13-11-22)21(26)27-15-16-6-2-1-3-7-16;1-2-3/h1-9,14H,10-13,15H2,(H,23,24);1-9,14,24H,10-13,15H2;3H,2H2,1H3/b;18-14+;. The van der Waals surface area contributed by atoms with Crippen molar-refractivity contribution in [1.82, 2.24) is 20.0 Å². The lowest BCUT2D eigenvalue weighted by Crippen LogP contribution is -2.53. The summed E-state index contributed by atoms with van der Waals surface area (Å²) in [6, 6.07) is 34.2. The van der Waals surface area contributed by atoms with E-state index in [9.17, 15) is 19.5 Å². The van der Waals surface area contributed by atoms with Gasteiger partial charge in [0.2, 0.25) is 0 Å². The van der Waals surface area contributed by atoms with Gasteiger partial charge in [-0.25, -0.2) is 9.59 Å². The zero-order chi connectivity index (χ0) is 41.2. The van der Waals surface area contributed by atoms with E-state index in [1.807, 2.05) is 97.2 Å². The molecule has 0 saturated carbocycles. The van der Waals surface area contributed by atoms with Gasteiger partial charge in [0.05, 0.1) is 29.3 Å². The molecule has 4 aromatic carbocycles. The summed E-state index contributed by atoms with van der Waals surface area (Å²) in [5.74, 6) is 1.14. The van der Waals surface area contributed by atoms with Gasteiger partial charge in [-0.1, -0.05) is 84.9 Å². The number of H-pyrrole nitrogens is 1. The number of aromatic nitrogens is 2. The number of fused-ring (bicyclic) bond motifs is 5. The van der Waals surface area contributed by atoms with Crippen molar-refractivity contribution in [3.63, 3.8) is 0 Å². The fourth-order valence-corrected chi connectivity index (χ4v) is 7.87. The summed E-state index contributed by atoms with van der Waals surface area (Å²) in [7, 11) is 0. The number of para-hydroxylation sites is 2. The molecule has 0 bridgehead atoms. The zero-order valence-electron chi connectivity index (χ0n) is 32.9. The average Bonchev–Trinajstić information content (AvgIpc) is 3.79. The first-order valence-electron chi connectivity index (χ1n) is 19.8. The number of aromatic amines is 1. The number of ketones is 1. The number of carbonyl (C=O) groups is 3. The fraction of sp³-hybridized carbons (Fsp3) is 0.304. The number of nitrogens with zero attached hydrogens (tertiary/aromatic N) is 3. The van der Waals surface area contributed by atoms with Gasteiger partial charge in [0.25, 0.3) is 0 Å². The van der Waals surface area contributed by atoms with Gasteiger partial charge in [-0.3, -0.25) is 9.89 Å². The van der Waals surface area contributed by atoms with Gasteiger partial charge in [-0.05, 0) is 42.3 Å². The van der Waals surface area contributed by atoms with Crippen molar-refractivity contribution in [2.75, 3.05) is 32.8 Å². The van der Waals surface area contributed by atoms with Gasteiger partial charge in [0.1, 0.15) is 35.9 Å². The highest BCUT2D eigenvalue weighted by atomic mass is 16.6. The van der Waals surface area contributed by atoms with E-state index in [4.69, 9.17) is 24.1 Å². The molecule has 4 aliphatic rings. The Morgan fingerprint density at radius 2 is 1.15 bits per heavy atom. The van der Waals surface area contributed by atoms with Gasteiger partial charge in [-0.2, -0.15) is 5.10 Å². The zero-order valence-corrected chi connectivity index (χ0v) is 32.9. The molecule has 306 valence electrons. The molecule has 0 aliphatic carbocycles. The number of Topliss-reactive ketones (excluding diaryl/α,β-unsaturated/α-hetero) is 1. The molecule has 0 radical (unpaired) electrons. The lowest BCUT2D eigenvalue weighted by molar-refractivity contribution is -0.00649. The molecule has 4 aliphatic heterocycles. The second-order valence-corrected chi connectivity index (χ2v) is 14.6. The van der Waals surface area contributed by atoms with E-state index in [-0.39, 0.29) is 37.3 Å². The monoisotopic (exact) mass is 800 g/mol. The third-order valence-corrected chi connectivity index (χ3v) is 11.0. The fourth-order valence-electron chi connectivity index (χ4n) is 7.87. The highest BCUT2D eigenvalue weighted by Crippen LogP contribution is 2.48. The largest absolute Gasteiger partial charge is 0.515 e. The molecule has 13 nitrogen and oxygen atoms in total. The van der Waals surface area contributed by atoms with E-state index >= 15 is 0 Å². The Hall–Kier alpha value is -6.60. The maximum atomic E-state index is 12.8. The Morgan fingerprint density at radius 1 is 0.712 bits per heavy atom. The quantitative estimate of drug-likeness (QED) is 0.120. The number of ether oxygens (including phenoxy) is 4. The van der Waals surface area contributed by atoms with E-state index in [1.54, 1.807) is 34.9 Å². The van der Waals surface area contributed by atoms with Crippen LogP contribution >= 0.6 is 0 Å². The third kappa shape index (κ3) is 8.80. The molecular formula is C46H48N4O9. The summed E-state index contributed by atoms with van der Waals surface area (Å²) in [6.07, 6.45) is 4.25. The van der Waals surface area contributed by atoms with E-state index in [0.29, 0.717) is 63.2 Å². The van der Waals surface area contributed by atoms with Crippen molar-refractivity contribution in [1.29, 1.82) is 0 Å². The van der Waals surface area contributed by atoms with Gasteiger partial charge >= 0.3 is 12.2 Å². The minimum atomic E-state index is -0.920. The molecular weight excluding hydrogens is 753 g/mol. The minimum absolute atomic E-state index is 0.214. The second kappa shape index (κ2) is 18.3. The number of likely N-dealkylation sites (tertiary alicyclic amines) is 2. The Balaban J connectivity index is 0.000000168. The number of rotatable bonds is 4. The first-order chi connectivity index (χ1) is 28.8. The molecule has 5 aromatic rings. The maximum Gasteiger partial charge on any atom is 0.410 e. The first kappa shape index (κ1) is 40.6. The van der Waals surface area contributed by atoms with Crippen LogP contribution in [-0.4, -0.2) is 86.6 Å². The van der Waals surface area contributed by atoms with Gasteiger partial charge < -0.3 is 39.0 Å². The SMILES string of the molecule is CCO.O=C(OCc1ccccc1)N1CCC2(CC1)Oc1ccccc1-c1[nH]ncc12.O=C1/C(=C\O)C2(CCN(C(=O)OCc3ccccc3)CC2)Oc2ccccc21. The van der Waals surface area contributed by atoms with E-state index in [0.717, 1.165) is 40.0 Å². The van der Waals surface area contributed by atoms with Crippen LogP contribution in [0.3, 0.4) is 0 Å². The Bertz CT molecular complexity index is 2240. The second-order valence-electron chi connectivity index (χ2n) is 14.6. The van der Waals surface area contributed by atoms with Crippen molar-refractivity contribution in [2.45, 2.75) is 57.0 Å². The molecule has 59 heavy (non-hydrogen) atoms. The summed E-state index contributed by atoms with van der Waals surface area (Å²) in [5, 5.41) is 24.7. The normalized spacial score (nSPS) is 17.4. The number of hydrogen-bond donors (Lipinski definition) is 3. The number of nitrogens with one attached hydrogen (secondary N) is 1. The number of aliphatic hydroxyl groups is 2. The number of benzene rings is 4. The average molecular weight is 801 g/mol. The number of piperidine rings is 2. The first-order valence-corrected chi connectivity index (χ1v) is 19.8. The van der Waals surface area contributed by atoms with Crippen LogP contribution in [0.5, 0.6) is 11.5 Å². The molecule has 0 unspecified atom stereocenters. The lowest BCUT2D eigenvalue weighted by atomic mass is 9.78. The van der Waals surface area contributed by atoms with Crippen molar-refractivity contribution < 1.29 is 43.5 Å². The van der Waals surface area contributed by atoms with Crippen LogP contribution in [0, 0.1) is 0 Å². The van der Waals surface area contributed by atoms with Gasteiger partial charge in [0.15, 0.2) is 5.78 Å². The van der Waals surface area contributed by atoms with Crippen LogP contribution in [0.25, 0.3) is 11.3 Å². The topological polar surface area (TPSA) is 164 Å². The van der Waals surface area contributed by atoms with Crippen molar-refractivity contribution in [2.24, 2.45) is 0 Å². The Labute approximate surface area is 342 Å². The molecule has 13 heteroatoms. The predicted molar refractivity (Wildman–Crippen MR) is 219 cm³/mol. The molecule has 3 N–H and O–H groups in total. The molecule has 2 spiro atoms. The predicted octanol–water partition coefficient (Wildman–Crippen LogP) is 7.97. The highest BCUT2D eigenvalue weighted by Gasteiger charge is 2.49. The van der Waals surface area contributed by atoms with Crippen LogP contribution < -0.4 is 9.47 Å². The van der Waals surface area contributed by atoms with E-state index in [1.165, 1.54) is 0 Å². The lowest BCUT2D eigenvalue weighted by Gasteiger charge is -2.44. The van der Waals surface area contributed by atoms with Crippen molar-refractivity contribution in [3.8, 4) is 22.8 Å². The number of aliphatic hydroxyl groups excluding tert-OH is 2. The number of carbonyl (C=O) groups excluding carboxylic acids is 3. The molecule has 2 amide bonds. The van der Waals surface area contributed by atoms with Crippen molar-refractivity contribution >= 4 is 18.0 Å². The summed E-state index contributed by atoms with van der Waals surface area (Å²) in [5.41, 5.74) is 4.34. The summed E-state index contributed by atoms with van der Waals surface area (Å²) >= 11 is 0. The number of hydrogen-bond acceptors (Lipinski definition) is 10. The molecule has 2 saturated heterocycles. The summed E-state index contributed by atoms with van der Waals surface area (Å²) in [4.78, 5) is 41.0. The number of amides is 2. The van der Waals surface area contributed by atoms with Crippen LogP contribution in [0.1, 0.15) is 59.7 Å². The Kier molecular flexibility index (Phi) is 12.6. The van der Waals surface area contributed by atoms with Crippen LogP contribution in [0.15, 0.2) is 127 Å². The highest BCUT2D eigenvalue weighted by molar-refractivity contribution is 6.12.